The summed E-state index contributed by atoms with van der Waals surface area (Å²) in [5.74, 6) is -0.223. The van der Waals surface area contributed by atoms with E-state index >= 15 is 0 Å². The van der Waals surface area contributed by atoms with Gasteiger partial charge in [-0.3, -0.25) is 9.59 Å². The van der Waals surface area contributed by atoms with Crippen LogP contribution in [-0.2, 0) is 9.59 Å². The summed E-state index contributed by atoms with van der Waals surface area (Å²) in [6, 6.07) is 0. The SMILES string of the molecule is CCC(CCC(=O)Cl)C(=O)Cl. The number of hydrogen-bond donors (Lipinski definition) is 0. The van der Waals surface area contributed by atoms with Crippen LogP contribution >= 0.6 is 23.2 Å². The van der Waals surface area contributed by atoms with Gasteiger partial charge in [0.05, 0.1) is 0 Å². The Morgan fingerprint density at radius 1 is 1.36 bits per heavy atom. The maximum atomic E-state index is 10.6. The second kappa shape index (κ2) is 5.56. The standard InChI is InChI=1S/C7H10Cl2O2/c1-2-5(7(9)11)3-4-6(8)10/h5H,2-4H2,1H3. The van der Waals surface area contributed by atoms with Crippen LogP contribution in [0.15, 0.2) is 0 Å². The van der Waals surface area contributed by atoms with Crippen LogP contribution in [0.5, 0.6) is 0 Å². The fraction of sp³-hybridized carbons (Fsp3) is 0.714. The van der Waals surface area contributed by atoms with Gasteiger partial charge in [-0.2, -0.15) is 0 Å². The van der Waals surface area contributed by atoms with Crippen molar-refractivity contribution >= 4 is 33.7 Å². The van der Waals surface area contributed by atoms with Crippen molar-refractivity contribution in [1.82, 2.24) is 0 Å². The second-order valence-electron chi connectivity index (χ2n) is 2.30. The molecular formula is C7H10Cl2O2. The zero-order valence-electron chi connectivity index (χ0n) is 6.27. The highest BCUT2D eigenvalue weighted by atomic mass is 35.5. The molecule has 0 aromatic carbocycles. The molecule has 0 heterocycles. The predicted octanol–water partition coefficient (Wildman–Crippen LogP) is 2.32. The van der Waals surface area contributed by atoms with Gasteiger partial charge in [0.25, 0.3) is 0 Å². The molecule has 0 saturated carbocycles. The van der Waals surface area contributed by atoms with Gasteiger partial charge >= 0.3 is 0 Å². The van der Waals surface area contributed by atoms with Crippen LogP contribution in [0.4, 0.5) is 0 Å². The summed E-state index contributed by atoms with van der Waals surface area (Å²) >= 11 is 10.3. The topological polar surface area (TPSA) is 34.1 Å². The smallest absolute Gasteiger partial charge is 0.224 e. The lowest BCUT2D eigenvalue weighted by atomic mass is 10.0. The third-order valence-electron chi connectivity index (χ3n) is 1.50. The summed E-state index contributed by atoms with van der Waals surface area (Å²) < 4.78 is 0. The molecule has 1 unspecified atom stereocenters. The van der Waals surface area contributed by atoms with E-state index in [1.807, 2.05) is 6.92 Å². The van der Waals surface area contributed by atoms with Gasteiger partial charge in [-0.1, -0.05) is 6.92 Å². The molecule has 0 fully saturated rings. The van der Waals surface area contributed by atoms with Crippen molar-refractivity contribution in [3.05, 3.63) is 0 Å². The van der Waals surface area contributed by atoms with Crippen LogP contribution in [0.3, 0.4) is 0 Å². The van der Waals surface area contributed by atoms with Crippen molar-refractivity contribution < 1.29 is 9.59 Å². The van der Waals surface area contributed by atoms with Crippen LogP contribution in [0, 0.1) is 5.92 Å². The quantitative estimate of drug-likeness (QED) is 0.633. The molecule has 4 heteroatoms. The molecule has 0 saturated heterocycles. The molecule has 0 aliphatic rings. The minimum Gasteiger partial charge on any atom is -0.281 e. The first-order valence-corrected chi connectivity index (χ1v) is 4.21. The van der Waals surface area contributed by atoms with Crippen molar-refractivity contribution in [2.45, 2.75) is 26.2 Å². The monoisotopic (exact) mass is 196 g/mol. The van der Waals surface area contributed by atoms with Crippen LogP contribution in [0.1, 0.15) is 26.2 Å². The van der Waals surface area contributed by atoms with E-state index in [9.17, 15) is 9.59 Å². The van der Waals surface area contributed by atoms with Crippen LogP contribution in [0.25, 0.3) is 0 Å². The van der Waals surface area contributed by atoms with E-state index < -0.39 is 5.24 Å². The van der Waals surface area contributed by atoms with Gasteiger partial charge < -0.3 is 0 Å². The van der Waals surface area contributed by atoms with E-state index in [2.05, 4.69) is 0 Å². The molecule has 0 aromatic heterocycles. The summed E-state index contributed by atoms with van der Waals surface area (Å²) in [6.07, 6.45) is 1.34. The van der Waals surface area contributed by atoms with E-state index in [1.54, 1.807) is 0 Å². The Morgan fingerprint density at radius 2 is 1.91 bits per heavy atom. The molecule has 2 nitrogen and oxygen atoms in total. The zero-order chi connectivity index (χ0) is 8.85. The maximum Gasteiger partial charge on any atom is 0.224 e. The van der Waals surface area contributed by atoms with Crippen molar-refractivity contribution in [3.8, 4) is 0 Å². The van der Waals surface area contributed by atoms with E-state index in [0.717, 1.165) is 0 Å². The van der Waals surface area contributed by atoms with Crippen LogP contribution < -0.4 is 0 Å². The van der Waals surface area contributed by atoms with Gasteiger partial charge in [0.15, 0.2) is 0 Å². The molecule has 64 valence electrons. The average molecular weight is 197 g/mol. The van der Waals surface area contributed by atoms with Gasteiger partial charge in [-0.25, -0.2) is 0 Å². The number of hydrogen-bond acceptors (Lipinski definition) is 2. The Morgan fingerprint density at radius 3 is 2.18 bits per heavy atom. The summed E-state index contributed by atoms with van der Waals surface area (Å²) in [7, 11) is 0. The van der Waals surface area contributed by atoms with Crippen LogP contribution in [0.2, 0.25) is 0 Å². The highest BCUT2D eigenvalue weighted by Gasteiger charge is 2.14. The van der Waals surface area contributed by atoms with Gasteiger partial charge in [0.1, 0.15) is 0 Å². The molecular weight excluding hydrogens is 187 g/mol. The second-order valence-corrected chi connectivity index (χ2v) is 3.10. The largest absolute Gasteiger partial charge is 0.281 e. The minimum atomic E-state index is -0.415. The molecule has 0 aliphatic carbocycles. The Kier molecular flexibility index (Phi) is 5.51. The Balaban J connectivity index is 3.70. The predicted molar refractivity (Wildman–Crippen MR) is 44.7 cm³/mol. The Hall–Kier alpha value is -0.0800. The number of rotatable bonds is 5. The molecule has 0 N–H and O–H groups in total. The maximum absolute atomic E-state index is 10.6. The summed E-state index contributed by atoms with van der Waals surface area (Å²) in [5.41, 5.74) is 0. The normalized spacial score (nSPS) is 12.6. The van der Waals surface area contributed by atoms with Gasteiger partial charge in [0, 0.05) is 12.3 Å². The number of carbonyl (C=O) groups excluding carboxylic acids is 2. The van der Waals surface area contributed by atoms with E-state index in [4.69, 9.17) is 23.2 Å². The first-order valence-electron chi connectivity index (χ1n) is 3.45. The molecule has 11 heavy (non-hydrogen) atoms. The first-order chi connectivity index (χ1) is 5.07. The molecule has 0 aliphatic heterocycles. The Bertz CT molecular complexity index is 157. The summed E-state index contributed by atoms with van der Waals surface area (Å²) in [4.78, 5) is 20.9. The first kappa shape index (κ1) is 10.9. The van der Waals surface area contributed by atoms with E-state index in [0.29, 0.717) is 12.8 Å². The van der Waals surface area contributed by atoms with Crippen molar-refractivity contribution in [2.24, 2.45) is 5.92 Å². The van der Waals surface area contributed by atoms with Crippen LogP contribution in [-0.4, -0.2) is 10.5 Å². The highest BCUT2D eigenvalue weighted by molar-refractivity contribution is 6.64. The van der Waals surface area contributed by atoms with Crippen molar-refractivity contribution in [3.63, 3.8) is 0 Å². The molecule has 0 bridgehead atoms. The minimum absolute atomic E-state index is 0.221. The molecule has 0 radical (unpaired) electrons. The van der Waals surface area contributed by atoms with Crippen molar-refractivity contribution in [2.75, 3.05) is 0 Å². The lowest BCUT2D eigenvalue weighted by Crippen LogP contribution is -2.08. The lowest BCUT2D eigenvalue weighted by molar-refractivity contribution is -0.116. The molecule has 1 atom stereocenters. The molecule has 0 amide bonds. The van der Waals surface area contributed by atoms with Gasteiger partial charge in [-0.05, 0) is 36.0 Å². The van der Waals surface area contributed by atoms with E-state index in [-0.39, 0.29) is 17.6 Å². The van der Waals surface area contributed by atoms with Gasteiger partial charge in [-0.15, -0.1) is 0 Å². The third-order valence-corrected chi connectivity index (χ3v) is 2.00. The third kappa shape index (κ3) is 5.22. The fourth-order valence-corrected chi connectivity index (χ4v) is 1.14. The van der Waals surface area contributed by atoms with Crippen molar-refractivity contribution in [1.29, 1.82) is 0 Å². The number of carbonyl (C=O) groups is 2. The molecule has 0 rings (SSSR count). The molecule has 0 spiro atoms. The van der Waals surface area contributed by atoms with E-state index in [1.165, 1.54) is 0 Å². The Labute approximate surface area is 75.9 Å². The number of halogens is 2. The summed E-state index contributed by atoms with van der Waals surface area (Å²) in [6.45, 7) is 1.85. The zero-order valence-corrected chi connectivity index (χ0v) is 7.78. The summed E-state index contributed by atoms with van der Waals surface area (Å²) in [5, 5.41) is -0.799. The molecule has 0 aromatic rings. The fourth-order valence-electron chi connectivity index (χ4n) is 0.766. The van der Waals surface area contributed by atoms with Gasteiger partial charge in [0.2, 0.25) is 10.5 Å². The average Bonchev–Trinajstić information content (AvgIpc) is 1.87. The highest BCUT2D eigenvalue weighted by Crippen LogP contribution is 2.14. The lowest BCUT2D eigenvalue weighted by Gasteiger charge is -2.06.